The van der Waals surface area contributed by atoms with Crippen LogP contribution in [0.2, 0.25) is 0 Å². The highest BCUT2D eigenvalue weighted by molar-refractivity contribution is 5.86. The molecule has 1 amide bonds. The number of hydrogen-bond donors (Lipinski definition) is 1. The standard InChI is InChI=1S/C15H16N2O3/c18-15(19)17-9-6-12(7-10-17)20-14-13-4-2-1-3-11(13)5-8-16-14/h1-5,8,12H,6-7,9-10H2,(H,18,19). The minimum atomic E-state index is -0.855. The number of likely N-dealkylation sites (tertiary alicyclic amines) is 1. The Balaban J connectivity index is 1.73. The van der Waals surface area contributed by atoms with Crippen LogP contribution in [-0.2, 0) is 0 Å². The van der Waals surface area contributed by atoms with Gasteiger partial charge in [0.1, 0.15) is 6.10 Å². The summed E-state index contributed by atoms with van der Waals surface area (Å²) in [5, 5.41) is 11.0. The lowest BCUT2D eigenvalue weighted by molar-refractivity contribution is 0.0880. The summed E-state index contributed by atoms with van der Waals surface area (Å²) in [6, 6.07) is 9.91. The van der Waals surface area contributed by atoms with Crippen LogP contribution >= 0.6 is 0 Å². The van der Waals surface area contributed by atoms with Gasteiger partial charge in [-0.15, -0.1) is 0 Å². The van der Waals surface area contributed by atoms with Gasteiger partial charge in [0.05, 0.1) is 0 Å². The number of rotatable bonds is 2. The summed E-state index contributed by atoms with van der Waals surface area (Å²) >= 11 is 0. The third-order valence-electron chi connectivity index (χ3n) is 3.63. The highest BCUT2D eigenvalue weighted by atomic mass is 16.5. The van der Waals surface area contributed by atoms with Crippen molar-refractivity contribution in [1.29, 1.82) is 0 Å². The second kappa shape index (κ2) is 5.36. The second-order valence-electron chi connectivity index (χ2n) is 4.92. The smallest absolute Gasteiger partial charge is 0.407 e. The summed E-state index contributed by atoms with van der Waals surface area (Å²) in [6.45, 7) is 1.04. The topological polar surface area (TPSA) is 62.7 Å². The van der Waals surface area contributed by atoms with Crippen LogP contribution in [0.25, 0.3) is 10.8 Å². The maximum absolute atomic E-state index is 10.9. The van der Waals surface area contributed by atoms with Gasteiger partial charge in [0.25, 0.3) is 0 Å². The summed E-state index contributed by atoms with van der Waals surface area (Å²) in [5.74, 6) is 0.636. The van der Waals surface area contributed by atoms with Crippen LogP contribution in [0.1, 0.15) is 12.8 Å². The van der Waals surface area contributed by atoms with Crippen molar-refractivity contribution in [3.05, 3.63) is 36.5 Å². The highest BCUT2D eigenvalue weighted by Gasteiger charge is 2.24. The third kappa shape index (κ3) is 2.52. The number of pyridine rings is 1. The molecule has 1 aliphatic heterocycles. The molecule has 20 heavy (non-hydrogen) atoms. The molecule has 0 spiro atoms. The van der Waals surface area contributed by atoms with Crippen molar-refractivity contribution in [2.75, 3.05) is 13.1 Å². The van der Waals surface area contributed by atoms with E-state index in [4.69, 9.17) is 9.84 Å². The first kappa shape index (κ1) is 12.7. The van der Waals surface area contributed by atoms with Crippen LogP contribution in [0, 0.1) is 0 Å². The molecule has 1 fully saturated rings. The van der Waals surface area contributed by atoms with E-state index in [0.717, 1.165) is 10.8 Å². The van der Waals surface area contributed by atoms with Gasteiger partial charge in [-0.1, -0.05) is 18.2 Å². The summed E-state index contributed by atoms with van der Waals surface area (Å²) in [5.41, 5.74) is 0. The molecule has 5 nitrogen and oxygen atoms in total. The van der Waals surface area contributed by atoms with Crippen LogP contribution < -0.4 is 4.74 Å². The van der Waals surface area contributed by atoms with E-state index >= 15 is 0 Å². The normalized spacial score (nSPS) is 16.3. The van der Waals surface area contributed by atoms with Gasteiger partial charge >= 0.3 is 6.09 Å². The van der Waals surface area contributed by atoms with E-state index in [-0.39, 0.29) is 6.10 Å². The molecule has 2 heterocycles. The molecule has 1 N–H and O–H groups in total. The van der Waals surface area contributed by atoms with Crippen LogP contribution in [0.15, 0.2) is 36.5 Å². The largest absolute Gasteiger partial charge is 0.474 e. The quantitative estimate of drug-likeness (QED) is 0.913. The summed E-state index contributed by atoms with van der Waals surface area (Å²) in [6.07, 6.45) is 2.33. The predicted octanol–water partition coefficient (Wildman–Crippen LogP) is 2.76. The number of nitrogens with zero attached hydrogens (tertiary/aromatic N) is 2. The second-order valence-corrected chi connectivity index (χ2v) is 4.92. The van der Waals surface area contributed by atoms with E-state index in [2.05, 4.69) is 4.98 Å². The fourth-order valence-electron chi connectivity index (χ4n) is 2.51. The molecule has 5 heteroatoms. The van der Waals surface area contributed by atoms with Gasteiger partial charge in [0.15, 0.2) is 0 Å². The zero-order chi connectivity index (χ0) is 13.9. The van der Waals surface area contributed by atoms with Crippen LogP contribution in [0.5, 0.6) is 5.88 Å². The summed E-state index contributed by atoms with van der Waals surface area (Å²) < 4.78 is 5.97. The molecule has 0 aliphatic carbocycles. The van der Waals surface area contributed by atoms with Gasteiger partial charge in [0.2, 0.25) is 5.88 Å². The molecular weight excluding hydrogens is 256 g/mol. The van der Waals surface area contributed by atoms with Gasteiger partial charge in [-0.2, -0.15) is 0 Å². The van der Waals surface area contributed by atoms with E-state index < -0.39 is 6.09 Å². The number of aromatic nitrogens is 1. The van der Waals surface area contributed by atoms with E-state index in [1.807, 2.05) is 30.3 Å². The van der Waals surface area contributed by atoms with Crippen molar-refractivity contribution < 1.29 is 14.6 Å². The summed E-state index contributed by atoms with van der Waals surface area (Å²) in [4.78, 5) is 16.6. The first-order chi connectivity index (χ1) is 9.74. The number of ether oxygens (including phenoxy) is 1. The van der Waals surface area contributed by atoms with Gasteiger partial charge in [-0.05, 0) is 17.5 Å². The number of hydrogen-bond acceptors (Lipinski definition) is 3. The van der Waals surface area contributed by atoms with Gasteiger partial charge in [-0.25, -0.2) is 9.78 Å². The van der Waals surface area contributed by atoms with Crippen molar-refractivity contribution in [2.45, 2.75) is 18.9 Å². The Kier molecular flexibility index (Phi) is 3.41. The molecule has 104 valence electrons. The Morgan fingerprint density at radius 3 is 2.75 bits per heavy atom. The molecule has 1 aromatic carbocycles. The lowest BCUT2D eigenvalue weighted by atomic mass is 10.1. The Bertz CT molecular complexity index is 616. The zero-order valence-corrected chi connectivity index (χ0v) is 11.0. The molecule has 1 aromatic heterocycles. The van der Waals surface area contributed by atoms with Crippen LogP contribution in [0.4, 0.5) is 4.79 Å². The van der Waals surface area contributed by atoms with Gasteiger partial charge in [-0.3, -0.25) is 0 Å². The Labute approximate surface area is 116 Å². The molecule has 3 rings (SSSR count). The molecule has 0 bridgehead atoms. The van der Waals surface area contributed by atoms with Crippen molar-refractivity contribution in [3.63, 3.8) is 0 Å². The monoisotopic (exact) mass is 272 g/mol. The summed E-state index contributed by atoms with van der Waals surface area (Å²) in [7, 11) is 0. The molecule has 0 radical (unpaired) electrons. The molecule has 0 atom stereocenters. The molecule has 0 unspecified atom stereocenters. The molecule has 0 saturated carbocycles. The number of carboxylic acid groups (broad SMARTS) is 1. The predicted molar refractivity (Wildman–Crippen MR) is 75.0 cm³/mol. The minimum Gasteiger partial charge on any atom is -0.474 e. The highest BCUT2D eigenvalue weighted by Crippen LogP contribution is 2.25. The Hall–Kier alpha value is -2.30. The van der Waals surface area contributed by atoms with Gasteiger partial charge in [0, 0.05) is 37.5 Å². The first-order valence-corrected chi connectivity index (χ1v) is 6.72. The fraction of sp³-hybridized carbons (Fsp3) is 0.333. The Morgan fingerprint density at radius 1 is 1.25 bits per heavy atom. The molecular formula is C15H16N2O3. The maximum Gasteiger partial charge on any atom is 0.407 e. The minimum absolute atomic E-state index is 0.0314. The SMILES string of the molecule is O=C(O)N1CCC(Oc2nccc3ccccc23)CC1. The van der Waals surface area contributed by atoms with Crippen molar-refractivity contribution in [2.24, 2.45) is 0 Å². The van der Waals surface area contributed by atoms with Crippen molar-refractivity contribution in [1.82, 2.24) is 9.88 Å². The average Bonchev–Trinajstić information content (AvgIpc) is 2.48. The van der Waals surface area contributed by atoms with E-state index in [1.165, 1.54) is 4.90 Å². The first-order valence-electron chi connectivity index (χ1n) is 6.72. The average molecular weight is 272 g/mol. The fourth-order valence-corrected chi connectivity index (χ4v) is 2.51. The number of amides is 1. The number of carbonyl (C=O) groups is 1. The van der Waals surface area contributed by atoms with E-state index in [9.17, 15) is 4.79 Å². The maximum atomic E-state index is 10.9. The van der Waals surface area contributed by atoms with E-state index in [0.29, 0.717) is 31.8 Å². The molecule has 1 saturated heterocycles. The number of fused-ring (bicyclic) bond motifs is 1. The zero-order valence-electron chi connectivity index (χ0n) is 11.0. The van der Waals surface area contributed by atoms with Crippen molar-refractivity contribution in [3.8, 4) is 5.88 Å². The third-order valence-corrected chi connectivity index (χ3v) is 3.63. The van der Waals surface area contributed by atoms with Crippen molar-refractivity contribution >= 4 is 16.9 Å². The van der Waals surface area contributed by atoms with E-state index in [1.54, 1.807) is 6.20 Å². The number of piperidine rings is 1. The Morgan fingerprint density at radius 2 is 2.00 bits per heavy atom. The number of benzene rings is 1. The lowest BCUT2D eigenvalue weighted by Gasteiger charge is -2.30. The molecule has 2 aromatic rings. The molecule has 1 aliphatic rings. The lowest BCUT2D eigenvalue weighted by Crippen LogP contribution is -2.41. The van der Waals surface area contributed by atoms with Crippen LogP contribution in [-0.4, -0.2) is 40.3 Å². The van der Waals surface area contributed by atoms with Gasteiger partial charge < -0.3 is 14.7 Å². The van der Waals surface area contributed by atoms with Crippen LogP contribution in [0.3, 0.4) is 0 Å².